The lowest BCUT2D eigenvalue weighted by Gasteiger charge is -2.35. The molecule has 1 aliphatic carbocycles. The van der Waals surface area contributed by atoms with Gasteiger partial charge < -0.3 is 10.0 Å². The minimum Gasteiger partial charge on any atom is -0.480 e. The first-order valence-electron chi connectivity index (χ1n) is 5.59. The molecule has 1 rings (SSSR count). The molecule has 0 bridgehead atoms. The molecule has 1 amide bonds. The van der Waals surface area contributed by atoms with Crippen LogP contribution in [0.1, 0.15) is 41.0 Å². The highest BCUT2D eigenvalue weighted by atomic mass is 16.4. The van der Waals surface area contributed by atoms with Crippen molar-refractivity contribution in [3.05, 3.63) is 0 Å². The van der Waals surface area contributed by atoms with E-state index in [9.17, 15) is 9.59 Å². The lowest BCUT2D eigenvalue weighted by molar-refractivity contribution is -0.149. The molecule has 0 aromatic rings. The molecule has 1 N–H and O–H groups in total. The van der Waals surface area contributed by atoms with Gasteiger partial charge in [-0.05, 0) is 32.6 Å². The van der Waals surface area contributed by atoms with E-state index in [2.05, 4.69) is 0 Å². The molecule has 4 nitrogen and oxygen atoms in total. The van der Waals surface area contributed by atoms with E-state index in [0.29, 0.717) is 0 Å². The minimum absolute atomic E-state index is 0.00826. The fourth-order valence-electron chi connectivity index (χ4n) is 1.86. The smallest absolute Gasteiger partial charge is 0.323 e. The van der Waals surface area contributed by atoms with Gasteiger partial charge in [0.1, 0.15) is 6.54 Å². The highest BCUT2D eigenvalue weighted by molar-refractivity contribution is 5.86. The van der Waals surface area contributed by atoms with Crippen molar-refractivity contribution in [2.24, 2.45) is 11.3 Å². The van der Waals surface area contributed by atoms with Crippen molar-refractivity contribution < 1.29 is 14.7 Å². The van der Waals surface area contributed by atoms with Gasteiger partial charge in [-0.25, -0.2) is 0 Å². The van der Waals surface area contributed by atoms with Crippen LogP contribution in [0.4, 0.5) is 0 Å². The van der Waals surface area contributed by atoms with Crippen LogP contribution in [0.5, 0.6) is 0 Å². The summed E-state index contributed by atoms with van der Waals surface area (Å²) < 4.78 is 0. The zero-order valence-corrected chi connectivity index (χ0v) is 10.7. The van der Waals surface area contributed by atoms with E-state index in [0.717, 1.165) is 6.42 Å². The van der Waals surface area contributed by atoms with E-state index in [4.69, 9.17) is 5.11 Å². The third-order valence-electron chi connectivity index (χ3n) is 3.18. The molecule has 1 saturated carbocycles. The molecule has 1 atom stereocenters. The van der Waals surface area contributed by atoms with Crippen molar-refractivity contribution in [3.63, 3.8) is 0 Å². The van der Waals surface area contributed by atoms with E-state index < -0.39 is 11.5 Å². The predicted octanol–water partition coefficient (Wildman–Crippen LogP) is 1.74. The number of hydrogen-bond acceptors (Lipinski definition) is 2. The van der Waals surface area contributed by atoms with Gasteiger partial charge in [0.15, 0.2) is 0 Å². The molecule has 0 radical (unpaired) electrons. The van der Waals surface area contributed by atoms with Crippen molar-refractivity contribution in [1.82, 2.24) is 4.90 Å². The van der Waals surface area contributed by atoms with Gasteiger partial charge in [-0.3, -0.25) is 9.59 Å². The molecular weight excluding hydrogens is 206 g/mol. The van der Waals surface area contributed by atoms with Crippen LogP contribution in [0.25, 0.3) is 0 Å². The van der Waals surface area contributed by atoms with Gasteiger partial charge in [0.25, 0.3) is 0 Å². The third-order valence-corrected chi connectivity index (χ3v) is 3.18. The maximum Gasteiger partial charge on any atom is 0.323 e. The Labute approximate surface area is 96.6 Å². The molecule has 1 fully saturated rings. The normalized spacial score (nSPS) is 22.7. The van der Waals surface area contributed by atoms with Crippen LogP contribution in [-0.2, 0) is 9.59 Å². The summed E-state index contributed by atoms with van der Waals surface area (Å²) >= 11 is 0. The summed E-state index contributed by atoms with van der Waals surface area (Å²) in [6.45, 7) is 9.46. The Balaban J connectivity index is 2.78. The number of aliphatic carboxylic acids is 1. The average Bonchev–Trinajstić information content (AvgIpc) is 2.67. The maximum atomic E-state index is 12.2. The summed E-state index contributed by atoms with van der Waals surface area (Å²) in [5, 5.41) is 8.83. The molecule has 4 heteroatoms. The molecular formula is C12H21NO3. The second-order valence-electron chi connectivity index (χ2n) is 6.23. The topological polar surface area (TPSA) is 57.6 Å². The fraction of sp³-hybridized carbons (Fsp3) is 0.833. The second kappa shape index (κ2) is 3.75. The Morgan fingerprint density at radius 1 is 1.38 bits per heavy atom. The number of carbonyl (C=O) groups is 2. The summed E-state index contributed by atoms with van der Waals surface area (Å²) in [5.74, 6) is -0.993. The molecule has 0 aromatic carbocycles. The van der Waals surface area contributed by atoms with Gasteiger partial charge in [0.05, 0.1) is 0 Å². The summed E-state index contributed by atoms with van der Waals surface area (Å²) in [6, 6.07) is 0. The third kappa shape index (κ3) is 2.74. The summed E-state index contributed by atoms with van der Waals surface area (Å²) in [4.78, 5) is 24.4. The Bertz CT molecular complexity index is 315. The molecule has 0 spiro atoms. The summed E-state index contributed by atoms with van der Waals surface area (Å²) in [5.41, 5.74) is -0.396. The van der Waals surface area contributed by atoms with E-state index in [1.54, 1.807) is 0 Å². The maximum absolute atomic E-state index is 12.2. The van der Waals surface area contributed by atoms with Crippen molar-refractivity contribution in [2.45, 2.75) is 46.6 Å². The van der Waals surface area contributed by atoms with E-state index >= 15 is 0 Å². The van der Waals surface area contributed by atoms with Gasteiger partial charge in [-0.15, -0.1) is 0 Å². The highest BCUT2D eigenvalue weighted by Gasteiger charge is 2.53. The van der Waals surface area contributed by atoms with Crippen LogP contribution in [-0.4, -0.2) is 34.0 Å². The van der Waals surface area contributed by atoms with Gasteiger partial charge >= 0.3 is 5.97 Å². The number of carboxylic acids is 1. The Hall–Kier alpha value is -1.06. The molecule has 0 saturated heterocycles. The van der Waals surface area contributed by atoms with E-state index in [-0.39, 0.29) is 23.8 Å². The minimum atomic E-state index is -0.957. The van der Waals surface area contributed by atoms with Gasteiger partial charge in [0.2, 0.25) is 5.91 Å². The second-order valence-corrected chi connectivity index (χ2v) is 6.23. The molecule has 0 heterocycles. The number of amides is 1. The van der Waals surface area contributed by atoms with Gasteiger partial charge in [0, 0.05) is 11.5 Å². The Morgan fingerprint density at radius 2 is 1.81 bits per heavy atom. The van der Waals surface area contributed by atoms with Crippen LogP contribution >= 0.6 is 0 Å². The largest absolute Gasteiger partial charge is 0.480 e. The van der Waals surface area contributed by atoms with Gasteiger partial charge in [-0.1, -0.05) is 13.8 Å². The van der Waals surface area contributed by atoms with Crippen molar-refractivity contribution >= 4 is 11.9 Å². The number of nitrogens with zero attached hydrogens (tertiary/aromatic N) is 1. The number of carboxylic acid groups (broad SMARTS) is 1. The van der Waals surface area contributed by atoms with Crippen LogP contribution in [0.2, 0.25) is 0 Å². The van der Waals surface area contributed by atoms with Crippen LogP contribution in [0.3, 0.4) is 0 Å². The summed E-state index contributed by atoms with van der Waals surface area (Å²) in [6.07, 6.45) is 0.859. The number of hydrogen-bond donors (Lipinski definition) is 1. The molecule has 92 valence electrons. The summed E-state index contributed by atoms with van der Waals surface area (Å²) in [7, 11) is 0. The number of rotatable bonds is 3. The molecule has 16 heavy (non-hydrogen) atoms. The lowest BCUT2D eigenvalue weighted by Crippen LogP contribution is -2.49. The first kappa shape index (κ1) is 13.0. The van der Waals surface area contributed by atoms with Crippen LogP contribution in [0, 0.1) is 11.3 Å². The van der Waals surface area contributed by atoms with Crippen molar-refractivity contribution in [2.75, 3.05) is 6.54 Å². The molecule has 0 aromatic heterocycles. The van der Waals surface area contributed by atoms with Crippen LogP contribution in [0.15, 0.2) is 0 Å². The molecule has 0 aliphatic heterocycles. The van der Waals surface area contributed by atoms with E-state index in [1.807, 2.05) is 34.6 Å². The Morgan fingerprint density at radius 3 is 2.06 bits per heavy atom. The van der Waals surface area contributed by atoms with Crippen LogP contribution < -0.4 is 0 Å². The monoisotopic (exact) mass is 227 g/mol. The van der Waals surface area contributed by atoms with Gasteiger partial charge in [-0.2, -0.15) is 0 Å². The quantitative estimate of drug-likeness (QED) is 0.799. The SMILES string of the molecule is CC1(C)CC1C(=O)N(CC(=O)O)C(C)(C)C. The first-order chi connectivity index (χ1) is 7.05. The average molecular weight is 227 g/mol. The zero-order valence-electron chi connectivity index (χ0n) is 10.7. The molecule has 1 aliphatic rings. The highest BCUT2D eigenvalue weighted by Crippen LogP contribution is 2.52. The van der Waals surface area contributed by atoms with Crippen molar-refractivity contribution in [3.8, 4) is 0 Å². The number of carbonyl (C=O) groups excluding carboxylic acids is 1. The lowest BCUT2D eigenvalue weighted by atomic mass is 10.0. The Kier molecular flexibility index (Phi) is 3.05. The fourth-order valence-corrected chi connectivity index (χ4v) is 1.86. The first-order valence-corrected chi connectivity index (χ1v) is 5.59. The zero-order chi connectivity index (χ0) is 12.7. The predicted molar refractivity (Wildman–Crippen MR) is 61.0 cm³/mol. The van der Waals surface area contributed by atoms with E-state index in [1.165, 1.54) is 4.90 Å². The molecule has 1 unspecified atom stereocenters. The standard InChI is InChI=1S/C12H21NO3/c1-11(2,3)13(7-9(14)15)10(16)8-6-12(8,4)5/h8H,6-7H2,1-5H3,(H,14,15). The van der Waals surface area contributed by atoms with Crippen molar-refractivity contribution in [1.29, 1.82) is 0 Å².